The molecule has 0 radical (unpaired) electrons. The number of carbonyl (C=O) groups is 1. The van der Waals surface area contributed by atoms with Crippen molar-refractivity contribution in [1.29, 1.82) is 0 Å². The number of hydrogen-bond acceptors (Lipinski definition) is 6. The quantitative estimate of drug-likeness (QED) is 0.689. The number of rotatable bonds is 8. The molecule has 1 aliphatic rings. The molecule has 1 aromatic carbocycles. The summed E-state index contributed by atoms with van der Waals surface area (Å²) in [7, 11) is -3.98. The number of amides is 1. The number of sulfonamides is 1. The van der Waals surface area contributed by atoms with Gasteiger partial charge in [0.2, 0.25) is 15.9 Å². The van der Waals surface area contributed by atoms with E-state index in [1.807, 2.05) is 5.38 Å². The number of nitrogens with one attached hydrogen (secondary N) is 2. The second-order valence-electron chi connectivity index (χ2n) is 6.19. The van der Waals surface area contributed by atoms with Crippen LogP contribution in [0.4, 0.5) is 9.52 Å². The fourth-order valence-corrected chi connectivity index (χ4v) is 4.87. The zero-order chi connectivity index (χ0) is 19.3. The molecule has 1 atom stereocenters. The lowest BCUT2D eigenvalue weighted by atomic mass is 10.2. The molecule has 3 rings (SSSR count). The molecule has 2 N–H and O–H groups in total. The Hall–Kier alpha value is -2.04. The van der Waals surface area contributed by atoms with Crippen molar-refractivity contribution < 1.29 is 17.6 Å². The Morgan fingerprint density at radius 2 is 2.19 bits per heavy atom. The fraction of sp³-hybridized carbons (Fsp3) is 0.412. The molecule has 0 saturated carbocycles. The van der Waals surface area contributed by atoms with Crippen molar-refractivity contribution in [2.24, 2.45) is 0 Å². The lowest BCUT2D eigenvalue weighted by Crippen LogP contribution is -2.41. The van der Waals surface area contributed by atoms with Crippen molar-refractivity contribution >= 4 is 32.4 Å². The monoisotopic (exact) mass is 412 g/mol. The van der Waals surface area contributed by atoms with E-state index < -0.39 is 20.7 Å². The second-order valence-corrected chi connectivity index (χ2v) is 8.79. The van der Waals surface area contributed by atoms with Gasteiger partial charge in [-0.1, -0.05) is 12.1 Å². The third kappa shape index (κ3) is 5.02. The van der Waals surface area contributed by atoms with Crippen LogP contribution in [0.2, 0.25) is 0 Å². The van der Waals surface area contributed by atoms with Gasteiger partial charge in [-0.2, -0.15) is 0 Å². The first-order chi connectivity index (χ1) is 13.0. The van der Waals surface area contributed by atoms with Crippen LogP contribution in [0.5, 0.6) is 0 Å². The van der Waals surface area contributed by atoms with Gasteiger partial charge in [-0.15, -0.1) is 11.3 Å². The molecule has 0 bridgehead atoms. The van der Waals surface area contributed by atoms with Gasteiger partial charge in [0, 0.05) is 43.7 Å². The van der Waals surface area contributed by atoms with Gasteiger partial charge in [0.25, 0.3) is 0 Å². The average molecular weight is 413 g/mol. The summed E-state index contributed by atoms with van der Waals surface area (Å²) in [5.74, 6) is -1.07. The Balaban J connectivity index is 1.44. The molecule has 1 aromatic heterocycles. The minimum Gasteiger partial charge on any atom is -0.354 e. The standard InChI is InChI=1S/C17H21FN4O3S2/c18-14-5-1-2-6-15(14)27(24,25)21-8-7-16(23)20-12-13-4-3-10-22(13)17-19-9-11-26-17/h1-2,5-6,9,11,13,21H,3-4,7-8,10,12H2,(H,20,23). The smallest absolute Gasteiger partial charge is 0.243 e. The van der Waals surface area contributed by atoms with Gasteiger partial charge in [0.15, 0.2) is 5.13 Å². The van der Waals surface area contributed by atoms with Crippen LogP contribution < -0.4 is 14.9 Å². The van der Waals surface area contributed by atoms with Crippen LogP contribution in [0.15, 0.2) is 40.7 Å². The Morgan fingerprint density at radius 1 is 1.37 bits per heavy atom. The molecule has 1 aliphatic heterocycles. The lowest BCUT2D eigenvalue weighted by Gasteiger charge is -2.24. The van der Waals surface area contributed by atoms with E-state index in [2.05, 4.69) is 19.9 Å². The summed E-state index contributed by atoms with van der Waals surface area (Å²) in [6.45, 7) is 1.30. The Bertz CT molecular complexity index is 874. The van der Waals surface area contributed by atoms with E-state index in [0.717, 1.165) is 30.6 Å². The predicted octanol–water partition coefficient (Wildman–Crippen LogP) is 1.74. The van der Waals surface area contributed by atoms with Crippen LogP contribution in [0.25, 0.3) is 0 Å². The van der Waals surface area contributed by atoms with Crippen molar-refractivity contribution in [3.8, 4) is 0 Å². The summed E-state index contributed by atoms with van der Waals surface area (Å²) >= 11 is 1.57. The van der Waals surface area contributed by atoms with Crippen LogP contribution in [-0.4, -0.2) is 45.0 Å². The molecule has 2 aromatic rings. The number of thiazole rings is 1. The van der Waals surface area contributed by atoms with Crippen LogP contribution in [0.3, 0.4) is 0 Å². The number of carbonyl (C=O) groups excluding carboxylic acids is 1. The number of benzene rings is 1. The van der Waals surface area contributed by atoms with E-state index >= 15 is 0 Å². The van der Waals surface area contributed by atoms with Crippen molar-refractivity contribution in [3.05, 3.63) is 41.7 Å². The van der Waals surface area contributed by atoms with Gasteiger partial charge in [0.05, 0.1) is 0 Å². The van der Waals surface area contributed by atoms with E-state index in [-0.39, 0.29) is 24.9 Å². The van der Waals surface area contributed by atoms with Gasteiger partial charge in [-0.3, -0.25) is 4.79 Å². The van der Waals surface area contributed by atoms with Gasteiger partial charge < -0.3 is 10.2 Å². The first kappa shape index (κ1) is 19.7. The number of halogens is 1. The predicted molar refractivity (Wildman–Crippen MR) is 102 cm³/mol. The molecule has 2 heterocycles. The minimum absolute atomic E-state index is 0.0162. The number of aromatic nitrogens is 1. The summed E-state index contributed by atoms with van der Waals surface area (Å²) in [5.41, 5.74) is 0. The van der Waals surface area contributed by atoms with E-state index in [9.17, 15) is 17.6 Å². The van der Waals surface area contributed by atoms with Gasteiger partial charge >= 0.3 is 0 Å². The summed E-state index contributed by atoms with van der Waals surface area (Å²) in [5, 5.41) is 5.71. The SMILES string of the molecule is O=C(CCNS(=O)(=O)c1ccccc1F)NCC1CCCN1c1nccs1. The highest BCUT2D eigenvalue weighted by molar-refractivity contribution is 7.89. The molecule has 0 spiro atoms. The van der Waals surface area contributed by atoms with Crippen molar-refractivity contribution in [3.63, 3.8) is 0 Å². The van der Waals surface area contributed by atoms with Gasteiger partial charge in [-0.05, 0) is 25.0 Å². The van der Waals surface area contributed by atoms with Crippen LogP contribution >= 0.6 is 11.3 Å². The summed E-state index contributed by atoms with van der Waals surface area (Å²) in [4.78, 5) is 18.1. The molecule has 1 unspecified atom stereocenters. The molecule has 10 heteroatoms. The van der Waals surface area contributed by atoms with Gasteiger partial charge in [0.1, 0.15) is 10.7 Å². The molecule has 27 heavy (non-hydrogen) atoms. The molecular weight excluding hydrogens is 391 g/mol. The topological polar surface area (TPSA) is 91.4 Å². The Kier molecular flexibility index (Phi) is 6.40. The highest BCUT2D eigenvalue weighted by Gasteiger charge is 2.26. The minimum atomic E-state index is -3.98. The first-order valence-corrected chi connectivity index (χ1v) is 11.0. The highest BCUT2D eigenvalue weighted by Crippen LogP contribution is 2.26. The number of hydrogen-bond donors (Lipinski definition) is 2. The van der Waals surface area contributed by atoms with E-state index in [0.29, 0.717) is 6.54 Å². The molecule has 1 amide bonds. The van der Waals surface area contributed by atoms with E-state index in [4.69, 9.17) is 0 Å². The van der Waals surface area contributed by atoms with Gasteiger partial charge in [-0.25, -0.2) is 22.5 Å². The largest absolute Gasteiger partial charge is 0.354 e. The zero-order valence-electron chi connectivity index (χ0n) is 14.6. The molecule has 7 nitrogen and oxygen atoms in total. The van der Waals surface area contributed by atoms with Crippen molar-refractivity contribution in [2.45, 2.75) is 30.2 Å². The average Bonchev–Trinajstić information content (AvgIpc) is 3.31. The molecule has 146 valence electrons. The maximum Gasteiger partial charge on any atom is 0.243 e. The summed E-state index contributed by atoms with van der Waals surface area (Å²) in [6, 6.07) is 5.32. The Morgan fingerprint density at radius 3 is 2.93 bits per heavy atom. The van der Waals surface area contributed by atoms with E-state index in [1.54, 1.807) is 17.5 Å². The molecule has 0 aliphatic carbocycles. The highest BCUT2D eigenvalue weighted by atomic mass is 32.2. The summed E-state index contributed by atoms with van der Waals surface area (Å²) < 4.78 is 40.0. The van der Waals surface area contributed by atoms with Crippen LogP contribution in [-0.2, 0) is 14.8 Å². The van der Waals surface area contributed by atoms with Crippen LogP contribution in [0, 0.1) is 5.82 Å². The molecular formula is C17H21FN4O3S2. The van der Waals surface area contributed by atoms with Crippen molar-refractivity contribution in [1.82, 2.24) is 15.0 Å². The van der Waals surface area contributed by atoms with Crippen molar-refractivity contribution in [2.75, 3.05) is 24.5 Å². The number of nitrogens with zero attached hydrogens (tertiary/aromatic N) is 2. The maximum absolute atomic E-state index is 13.6. The fourth-order valence-electron chi connectivity index (χ4n) is 3.02. The maximum atomic E-state index is 13.6. The molecule has 1 fully saturated rings. The Labute approximate surface area is 161 Å². The molecule has 1 saturated heterocycles. The lowest BCUT2D eigenvalue weighted by molar-refractivity contribution is -0.120. The normalized spacial score (nSPS) is 17.2. The summed E-state index contributed by atoms with van der Waals surface area (Å²) in [6.07, 6.45) is 3.76. The third-order valence-corrected chi connectivity index (χ3v) is 6.65. The third-order valence-electron chi connectivity index (χ3n) is 4.35. The zero-order valence-corrected chi connectivity index (χ0v) is 16.2. The second kappa shape index (κ2) is 8.77. The number of anilines is 1. The van der Waals surface area contributed by atoms with Crippen LogP contribution in [0.1, 0.15) is 19.3 Å². The first-order valence-electron chi connectivity index (χ1n) is 8.64. The van der Waals surface area contributed by atoms with E-state index in [1.165, 1.54) is 18.2 Å².